The zero-order valence-corrected chi connectivity index (χ0v) is 14.5. The van der Waals surface area contributed by atoms with E-state index in [2.05, 4.69) is 15.7 Å². The summed E-state index contributed by atoms with van der Waals surface area (Å²) in [6.45, 7) is 5.16. The highest BCUT2D eigenvalue weighted by Crippen LogP contribution is 2.30. The van der Waals surface area contributed by atoms with E-state index in [0.29, 0.717) is 31.7 Å². The molecule has 0 spiro atoms. The highest BCUT2D eigenvalue weighted by molar-refractivity contribution is 5.96. The Morgan fingerprint density at radius 2 is 2.16 bits per heavy atom. The molecule has 0 bridgehead atoms. The third kappa shape index (κ3) is 3.66. The maximum Gasteiger partial charge on any atom is 0.252 e. The molecule has 2 aromatic rings. The Bertz CT molecular complexity index is 725. The lowest BCUT2D eigenvalue weighted by atomic mass is 9.87. The van der Waals surface area contributed by atoms with Crippen molar-refractivity contribution in [3.8, 4) is 5.75 Å². The van der Waals surface area contributed by atoms with Gasteiger partial charge < -0.3 is 15.4 Å². The van der Waals surface area contributed by atoms with E-state index in [1.54, 1.807) is 29.2 Å². The predicted molar refractivity (Wildman–Crippen MR) is 93.1 cm³/mol. The Morgan fingerprint density at radius 3 is 2.76 bits per heavy atom. The molecular weight excluding hydrogens is 323 g/mol. The molecule has 1 aliphatic heterocycles. The van der Waals surface area contributed by atoms with Crippen LogP contribution in [0, 0.1) is 5.82 Å². The SMILES string of the molecule is CC(C)Oc1ccc(NC(=O)C2(n3cccn3)CCNCC2)c(F)c1. The number of amides is 1. The number of anilines is 1. The van der Waals surface area contributed by atoms with E-state index in [4.69, 9.17) is 4.74 Å². The molecule has 1 saturated heterocycles. The molecular formula is C18H23FN4O2. The van der Waals surface area contributed by atoms with E-state index >= 15 is 0 Å². The number of rotatable bonds is 5. The lowest BCUT2D eigenvalue weighted by Gasteiger charge is -2.36. The maximum absolute atomic E-state index is 14.4. The molecule has 0 radical (unpaired) electrons. The van der Waals surface area contributed by atoms with Gasteiger partial charge in [-0.25, -0.2) is 4.39 Å². The number of halogens is 1. The van der Waals surface area contributed by atoms with Crippen LogP contribution in [0.1, 0.15) is 26.7 Å². The van der Waals surface area contributed by atoms with E-state index in [1.165, 1.54) is 12.1 Å². The maximum atomic E-state index is 14.4. The Hall–Kier alpha value is -2.41. The molecule has 1 aromatic heterocycles. The molecule has 1 aliphatic rings. The number of carbonyl (C=O) groups excluding carboxylic acids is 1. The topological polar surface area (TPSA) is 68.2 Å². The van der Waals surface area contributed by atoms with Gasteiger partial charge in [0.2, 0.25) is 0 Å². The van der Waals surface area contributed by atoms with Crippen molar-refractivity contribution in [2.24, 2.45) is 0 Å². The second-order valence-electron chi connectivity index (χ2n) is 6.49. The van der Waals surface area contributed by atoms with Gasteiger partial charge in [-0.15, -0.1) is 0 Å². The van der Waals surface area contributed by atoms with Gasteiger partial charge in [0.15, 0.2) is 0 Å². The van der Waals surface area contributed by atoms with Crippen molar-refractivity contribution in [3.63, 3.8) is 0 Å². The van der Waals surface area contributed by atoms with Crippen LogP contribution in [-0.4, -0.2) is 34.9 Å². The second-order valence-corrected chi connectivity index (χ2v) is 6.49. The zero-order valence-electron chi connectivity index (χ0n) is 14.5. The minimum absolute atomic E-state index is 0.0438. The van der Waals surface area contributed by atoms with Crippen LogP contribution in [0.3, 0.4) is 0 Å². The fraction of sp³-hybridized carbons (Fsp3) is 0.444. The minimum atomic E-state index is -0.811. The van der Waals surface area contributed by atoms with Crippen molar-refractivity contribution >= 4 is 11.6 Å². The summed E-state index contributed by atoms with van der Waals surface area (Å²) in [5, 5.41) is 10.2. The quantitative estimate of drug-likeness (QED) is 0.873. The molecule has 134 valence electrons. The van der Waals surface area contributed by atoms with Crippen molar-refractivity contribution in [1.29, 1.82) is 0 Å². The standard InChI is InChI=1S/C18H23FN4O2/c1-13(2)25-14-4-5-16(15(19)12-14)22-17(24)18(6-9-20-10-7-18)23-11-3-8-21-23/h3-5,8,11-13,20H,6-7,9-10H2,1-2H3,(H,22,24). The molecule has 0 atom stereocenters. The van der Waals surface area contributed by atoms with Gasteiger partial charge in [0.25, 0.3) is 5.91 Å². The molecule has 2 N–H and O–H groups in total. The Morgan fingerprint density at radius 1 is 1.40 bits per heavy atom. The average molecular weight is 346 g/mol. The molecule has 0 aliphatic carbocycles. The predicted octanol–water partition coefficient (Wildman–Crippen LogP) is 2.53. The van der Waals surface area contributed by atoms with E-state index in [-0.39, 0.29) is 17.7 Å². The number of aromatic nitrogens is 2. The number of hydrogen-bond donors (Lipinski definition) is 2. The average Bonchev–Trinajstić information content (AvgIpc) is 3.12. The van der Waals surface area contributed by atoms with Crippen LogP contribution in [0.4, 0.5) is 10.1 Å². The van der Waals surface area contributed by atoms with Crippen molar-refractivity contribution in [2.75, 3.05) is 18.4 Å². The lowest BCUT2D eigenvalue weighted by molar-refractivity contribution is -0.126. The molecule has 0 saturated carbocycles. The van der Waals surface area contributed by atoms with Crippen molar-refractivity contribution < 1.29 is 13.9 Å². The molecule has 1 fully saturated rings. The van der Waals surface area contributed by atoms with Gasteiger partial charge in [-0.2, -0.15) is 5.10 Å². The van der Waals surface area contributed by atoms with Crippen LogP contribution in [-0.2, 0) is 10.3 Å². The number of piperidine rings is 1. The third-order valence-electron chi connectivity index (χ3n) is 4.36. The van der Waals surface area contributed by atoms with Crippen molar-refractivity contribution in [2.45, 2.75) is 38.3 Å². The molecule has 25 heavy (non-hydrogen) atoms. The molecule has 7 heteroatoms. The van der Waals surface area contributed by atoms with Crippen molar-refractivity contribution in [3.05, 3.63) is 42.5 Å². The van der Waals surface area contributed by atoms with Gasteiger partial charge in [-0.3, -0.25) is 9.48 Å². The second kappa shape index (κ2) is 7.23. The van der Waals surface area contributed by atoms with Gasteiger partial charge in [-0.05, 0) is 58.0 Å². The van der Waals surface area contributed by atoms with E-state index in [0.717, 1.165) is 0 Å². The summed E-state index contributed by atoms with van der Waals surface area (Å²) in [6, 6.07) is 6.26. The fourth-order valence-corrected chi connectivity index (χ4v) is 3.10. The van der Waals surface area contributed by atoms with Gasteiger partial charge in [0, 0.05) is 18.5 Å². The smallest absolute Gasteiger partial charge is 0.252 e. The lowest BCUT2D eigenvalue weighted by Crippen LogP contribution is -2.52. The summed E-state index contributed by atoms with van der Waals surface area (Å²) in [7, 11) is 0. The number of nitrogens with zero attached hydrogens (tertiary/aromatic N) is 2. The van der Waals surface area contributed by atoms with E-state index in [1.807, 2.05) is 13.8 Å². The highest BCUT2D eigenvalue weighted by Gasteiger charge is 2.42. The Kier molecular flexibility index (Phi) is 5.03. The summed E-state index contributed by atoms with van der Waals surface area (Å²) in [6.07, 6.45) is 4.57. The highest BCUT2D eigenvalue weighted by atomic mass is 19.1. The molecule has 1 aromatic carbocycles. The number of nitrogens with one attached hydrogen (secondary N) is 2. The van der Waals surface area contributed by atoms with Crippen LogP contribution in [0.15, 0.2) is 36.7 Å². The first kappa shape index (κ1) is 17.4. The van der Waals surface area contributed by atoms with Gasteiger partial charge in [-0.1, -0.05) is 0 Å². The van der Waals surface area contributed by atoms with Gasteiger partial charge >= 0.3 is 0 Å². The third-order valence-corrected chi connectivity index (χ3v) is 4.36. The molecule has 1 amide bonds. The Labute approximate surface area is 146 Å². The van der Waals surface area contributed by atoms with E-state index < -0.39 is 11.4 Å². The monoisotopic (exact) mass is 346 g/mol. The van der Waals surface area contributed by atoms with Crippen LogP contribution >= 0.6 is 0 Å². The fourth-order valence-electron chi connectivity index (χ4n) is 3.10. The molecule has 2 heterocycles. The van der Waals surface area contributed by atoms with E-state index in [9.17, 15) is 9.18 Å². The molecule has 3 rings (SSSR count). The largest absolute Gasteiger partial charge is 0.491 e. The van der Waals surface area contributed by atoms with Crippen LogP contribution in [0.25, 0.3) is 0 Å². The summed E-state index contributed by atoms with van der Waals surface area (Å²) in [4.78, 5) is 13.0. The summed E-state index contributed by atoms with van der Waals surface area (Å²) in [5.74, 6) is -0.334. The van der Waals surface area contributed by atoms with Crippen LogP contribution in [0.2, 0.25) is 0 Å². The molecule has 0 unspecified atom stereocenters. The molecule has 6 nitrogen and oxygen atoms in total. The summed E-state index contributed by atoms with van der Waals surface area (Å²) < 4.78 is 21.5. The first-order valence-electron chi connectivity index (χ1n) is 8.50. The number of ether oxygens (including phenoxy) is 1. The van der Waals surface area contributed by atoms with Crippen molar-refractivity contribution in [1.82, 2.24) is 15.1 Å². The Balaban J connectivity index is 1.82. The van der Waals surface area contributed by atoms with Crippen LogP contribution in [0.5, 0.6) is 5.75 Å². The first-order chi connectivity index (χ1) is 12.0. The number of carbonyl (C=O) groups is 1. The van der Waals surface area contributed by atoms with Crippen LogP contribution < -0.4 is 15.4 Å². The minimum Gasteiger partial charge on any atom is -0.491 e. The van der Waals surface area contributed by atoms with Gasteiger partial charge in [0.05, 0.1) is 11.8 Å². The summed E-state index contributed by atoms with van der Waals surface area (Å²) in [5.41, 5.74) is -0.667. The number of benzene rings is 1. The number of hydrogen-bond acceptors (Lipinski definition) is 4. The summed E-state index contributed by atoms with van der Waals surface area (Å²) >= 11 is 0. The first-order valence-corrected chi connectivity index (χ1v) is 8.50. The zero-order chi connectivity index (χ0) is 17.9. The van der Waals surface area contributed by atoms with Gasteiger partial charge in [0.1, 0.15) is 17.1 Å². The normalized spacial score (nSPS) is 16.6.